The molecule has 0 radical (unpaired) electrons. The summed E-state index contributed by atoms with van der Waals surface area (Å²) in [6, 6.07) is -0.653. The van der Waals surface area contributed by atoms with Gasteiger partial charge in [0.15, 0.2) is 0 Å². The molecule has 0 spiro atoms. The van der Waals surface area contributed by atoms with Crippen LogP contribution in [0.3, 0.4) is 0 Å². The van der Waals surface area contributed by atoms with E-state index in [1.807, 2.05) is 0 Å². The Labute approximate surface area is 102 Å². The highest BCUT2D eigenvalue weighted by Crippen LogP contribution is 2.35. The Hall–Kier alpha value is -1.50. The molecular formula is C13H18N2O2. The van der Waals surface area contributed by atoms with Crippen molar-refractivity contribution in [2.24, 2.45) is 5.92 Å². The average Bonchev–Trinajstić information content (AvgIpc) is 3.12. The molecule has 1 N–H and O–H groups in total. The number of hydrogen-bond acceptors (Lipinski definition) is 2. The molecule has 17 heavy (non-hydrogen) atoms. The van der Waals surface area contributed by atoms with Crippen molar-refractivity contribution in [2.75, 3.05) is 6.54 Å². The smallest absolute Gasteiger partial charge is 0.246 e. The Balaban J connectivity index is 2.02. The van der Waals surface area contributed by atoms with E-state index in [4.69, 9.17) is 6.42 Å². The van der Waals surface area contributed by atoms with Crippen LogP contribution in [-0.4, -0.2) is 35.3 Å². The third kappa shape index (κ3) is 2.44. The Bertz CT molecular complexity index is 368. The van der Waals surface area contributed by atoms with Gasteiger partial charge in [-0.1, -0.05) is 0 Å². The van der Waals surface area contributed by atoms with E-state index in [2.05, 4.69) is 11.2 Å². The van der Waals surface area contributed by atoms with E-state index in [0.29, 0.717) is 18.9 Å². The summed E-state index contributed by atoms with van der Waals surface area (Å²) in [5.41, 5.74) is 0. The van der Waals surface area contributed by atoms with Gasteiger partial charge in [-0.3, -0.25) is 9.59 Å². The van der Waals surface area contributed by atoms with Crippen LogP contribution in [0.5, 0.6) is 0 Å². The summed E-state index contributed by atoms with van der Waals surface area (Å²) < 4.78 is 0. The molecule has 0 bridgehead atoms. The van der Waals surface area contributed by atoms with E-state index in [0.717, 1.165) is 19.3 Å². The first-order valence-corrected chi connectivity index (χ1v) is 6.19. The molecule has 2 unspecified atom stereocenters. The Kier molecular flexibility index (Phi) is 3.37. The number of terminal acetylenes is 1. The lowest BCUT2D eigenvalue weighted by Crippen LogP contribution is -2.63. The number of nitrogens with one attached hydrogen (secondary N) is 1. The lowest BCUT2D eigenvalue weighted by molar-refractivity contribution is -0.149. The number of hydrogen-bond donors (Lipinski definition) is 1. The number of rotatable bonds is 4. The fraction of sp³-hybridized carbons (Fsp3) is 0.692. The summed E-state index contributed by atoms with van der Waals surface area (Å²) in [7, 11) is 0. The van der Waals surface area contributed by atoms with Crippen LogP contribution in [0, 0.1) is 18.3 Å². The molecule has 0 aromatic carbocycles. The van der Waals surface area contributed by atoms with E-state index in [1.54, 1.807) is 11.8 Å². The molecule has 4 heteroatoms. The average molecular weight is 234 g/mol. The van der Waals surface area contributed by atoms with Crippen molar-refractivity contribution < 1.29 is 9.59 Å². The van der Waals surface area contributed by atoms with Crippen molar-refractivity contribution >= 4 is 11.8 Å². The number of unbranched alkanes of at least 4 members (excludes halogenated alkanes) is 1. The third-order valence-electron chi connectivity index (χ3n) is 3.51. The van der Waals surface area contributed by atoms with E-state index >= 15 is 0 Å². The third-order valence-corrected chi connectivity index (χ3v) is 3.51. The molecule has 1 aliphatic heterocycles. The summed E-state index contributed by atoms with van der Waals surface area (Å²) in [5.74, 6) is 2.94. The van der Waals surface area contributed by atoms with Gasteiger partial charge in [0.05, 0.1) is 0 Å². The summed E-state index contributed by atoms with van der Waals surface area (Å²) in [5, 5.41) is 2.83. The second-order valence-electron chi connectivity index (χ2n) is 4.84. The van der Waals surface area contributed by atoms with Crippen molar-refractivity contribution in [1.29, 1.82) is 0 Å². The zero-order valence-electron chi connectivity index (χ0n) is 10.1. The largest absolute Gasteiger partial charge is 0.342 e. The van der Waals surface area contributed by atoms with Crippen LogP contribution in [-0.2, 0) is 9.59 Å². The molecule has 2 fully saturated rings. The van der Waals surface area contributed by atoms with Crippen LogP contribution in [0.15, 0.2) is 0 Å². The fourth-order valence-electron chi connectivity index (χ4n) is 2.25. The molecule has 1 saturated carbocycles. The molecule has 92 valence electrons. The van der Waals surface area contributed by atoms with Gasteiger partial charge in [0.25, 0.3) is 0 Å². The van der Waals surface area contributed by atoms with Crippen molar-refractivity contribution in [3.05, 3.63) is 0 Å². The van der Waals surface area contributed by atoms with E-state index < -0.39 is 0 Å². The molecule has 2 aliphatic rings. The highest BCUT2D eigenvalue weighted by atomic mass is 16.2. The zero-order valence-corrected chi connectivity index (χ0v) is 10.1. The number of amides is 2. The summed E-state index contributed by atoms with van der Waals surface area (Å²) in [6.45, 7) is 2.35. The summed E-state index contributed by atoms with van der Waals surface area (Å²) in [6.07, 6.45) is 8.69. The summed E-state index contributed by atoms with van der Waals surface area (Å²) in [4.78, 5) is 25.7. The quantitative estimate of drug-likeness (QED) is 0.569. The van der Waals surface area contributed by atoms with Crippen LogP contribution in [0.25, 0.3) is 0 Å². The molecule has 1 aliphatic carbocycles. The highest BCUT2D eigenvalue weighted by Gasteiger charge is 2.45. The van der Waals surface area contributed by atoms with Gasteiger partial charge < -0.3 is 10.2 Å². The van der Waals surface area contributed by atoms with E-state index in [9.17, 15) is 9.59 Å². The number of carbonyl (C=O) groups excluding carboxylic acids is 2. The number of piperazine rings is 1. The van der Waals surface area contributed by atoms with Crippen LogP contribution in [0.4, 0.5) is 0 Å². The van der Waals surface area contributed by atoms with Crippen molar-refractivity contribution in [1.82, 2.24) is 10.2 Å². The SMILES string of the molecule is C#CCCCN1C(=O)C(C2CC2)NC(=O)C1C. The molecule has 1 saturated heterocycles. The van der Waals surface area contributed by atoms with Gasteiger partial charge in [-0.15, -0.1) is 12.3 Å². The second-order valence-corrected chi connectivity index (χ2v) is 4.84. The van der Waals surface area contributed by atoms with Gasteiger partial charge in [-0.05, 0) is 32.1 Å². The highest BCUT2D eigenvalue weighted by molar-refractivity contribution is 5.97. The molecule has 4 nitrogen and oxygen atoms in total. The minimum absolute atomic E-state index is 0.0396. The van der Waals surface area contributed by atoms with Gasteiger partial charge in [0, 0.05) is 13.0 Å². The molecule has 1 heterocycles. The van der Waals surface area contributed by atoms with Crippen molar-refractivity contribution in [3.8, 4) is 12.3 Å². The minimum atomic E-state index is -0.365. The first-order chi connectivity index (χ1) is 8.15. The van der Waals surface area contributed by atoms with Crippen molar-refractivity contribution in [2.45, 2.75) is 44.7 Å². The van der Waals surface area contributed by atoms with Gasteiger partial charge in [-0.25, -0.2) is 0 Å². The normalized spacial score (nSPS) is 28.8. The lowest BCUT2D eigenvalue weighted by atomic mass is 10.0. The maximum atomic E-state index is 12.2. The second kappa shape index (κ2) is 4.79. The van der Waals surface area contributed by atoms with Gasteiger partial charge in [-0.2, -0.15) is 0 Å². The lowest BCUT2D eigenvalue weighted by Gasteiger charge is -2.37. The minimum Gasteiger partial charge on any atom is -0.342 e. The van der Waals surface area contributed by atoms with Gasteiger partial charge in [0.2, 0.25) is 11.8 Å². The van der Waals surface area contributed by atoms with Gasteiger partial charge in [0.1, 0.15) is 12.1 Å². The molecule has 2 atom stereocenters. The maximum Gasteiger partial charge on any atom is 0.246 e. The van der Waals surface area contributed by atoms with Crippen LogP contribution in [0.2, 0.25) is 0 Å². The first-order valence-electron chi connectivity index (χ1n) is 6.19. The number of carbonyl (C=O) groups is 2. The predicted molar refractivity (Wildman–Crippen MR) is 63.9 cm³/mol. The van der Waals surface area contributed by atoms with Crippen molar-refractivity contribution in [3.63, 3.8) is 0 Å². The van der Waals surface area contributed by atoms with Crippen LogP contribution >= 0.6 is 0 Å². The Morgan fingerprint density at radius 3 is 2.76 bits per heavy atom. The number of nitrogens with zero attached hydrogens (tertiary/aromatic N) is 1. The molecule has 0 aromatic rings. The van der Waals surface area contributed by atoms with E-state index in [1.165, 1.54) is 0 Å². The van der Waals surface area contributed by atoms with Crippen LogP contribution in [0.1, 0.15) is 32.6 Å². The topological polar surface area (TPSA) is 49.4 Å². The Morgan fingerprint density at radius 1 is 1.47 bits per heavy atom. The molecular weight excluding hydrogens is 216 g/mol. The first kappa shape index (κ1) is 12.0. The Morgan fingerprint density at radius 2 is 2.18 bits per heavy atom. The monoisotopic (exact) mass is 234 g/mol. The summed E-state index contributed by atoms with van der Waals surface area (Å²) >= 11 is 0. The maximum absolute atomic E-state index is 12.2. The van der Waals surface area contributed by atoms with E-state index in [-0.39, 0.29) is 23.9 Å². The zero-order chi connectivity index (χ0) is 12.4. The standard InChI is InChI=1S/C13H18N2O2/c1-3-4-5-8-15-9(2)12(16)14-11(13(15)17)10-6-7-10/h1,9-11H,4-8H2,2H3,(H,14,16). The predicted octanol–water partition coefficient (Wildman–Crippen LogP) is 0.525. The van der Waals surface area contributed by atoms with Crippen LogP contribution < -0.4 is 5.32 Å². The van der Waals surface area contributed by atoms with Gasteiger partial charge >= 0.3 is 0 Å². The fourth-order valence-corrected chi connectivity index (χ4v) is 2.25. The molecule has 2 rings (SSSR count). The molecule has 0 aromatic heterocycles. The molecule has 2 amide bonds.